The molecule has 0 saturated heterocycles. The first-order valence-electron chi connectivity index (χ1n) is 3.21. The molecule has 0 bridgehead atoms. The quantitative estimate of drug-likeness (QED) is 0.579. The molecule has 0 aromatic heterocycles. The van der Waals surface area contributed by atoms with E-state index in [0.717, 1.165) is 0 Å². The monoisotopic (exact) mass is 197 g/mol. The van der Waals surface area contributed by atoms with Gasteiger partial charge in [-0.1, -0.05) is 0 Å². The lowest BCUT2D eigenvalue weighted by Crippen LogP contribution is -2.24. The molecule has 0 rings (SSSR count). The molecule has 0 aliphatic carbocycles. The fourth-order valence-corrected chi connectivity index (χ4v) is 0.635. The fraction of sp³-hybridized carbons (Fsp3) is 0.667. The van der Waals surface area contributed by atoms with Crippen LogP contribution in [0.1, 0.15) is 19.3 Å². The van der Waals surface area contributed by atoms with E-state index in [-0.39, 0.29) is 31.7 Å². The largest absolute Gasteiger partial charge is 0.481 e. The van der Waals surface area contributed by atoms with Crippen molar-refractivity contribution in [2.75, 3.05) is 0 Å². The molecular weight excluding hydrogens is 186 g/mol. The molecule has 0 fully saturated rings. The molecule has 0 radical (unpaired) electrons. The van der Waals surface area contributed by atoms with Crippen molar-refractivity contribution in [1.82, 2.24) is 0 Å². The zero-order valence-corrected chi connectivity index (χ0v) is 7.21. The minimum Gasteiger partial charge on any atom is -0.481 e. The molecule has 1 unspecified atom stereocenters. The number of hydrogen-bond acceptors (Lipinski definition) is 3. The van der Waals surface area contributed by atoms with Crippen LogP contribution in [-0.2, 0) is 9.59 Å². The van der Waals surface area contributed by atoms with Gasteiger partial charge in [-0.25, -0.2) is 0 Å². The predicted octanol–water partition coefficient (Wildman–Crippen LogP) is 0.0750. The van der Waals surface area contributed by atoms with Crippen LogP contribution in [0.5, 0.6) is 0 Å². The molecule has 0 aromatic carbocycles. The SMILES string of the molecule is Cl.NC(CCC(=O)O)CC(=O)O. The summed E-state index contributed by atoms with van der Waals surface area (Å²) in [5.41, 5.74) is 5.28. The summed E-state index contributed by atoms with van der Waals surface area (Å²) in [6.07, 6.45) is -0.0383. The highest BCUT2D eigenvalue weighted by Gasteiger charge is 2.09. The van der Waals surface area contributed by atoms with E-state index in [4.69, 9.17) is 15.9 Å². The topological polar surface area (TPSA) is 101 Å². The normalized spacial score (nSPS) is 11.4. The van der Waals surface area contributed by atoms with Gasteiger partial charge in [0.05, 0.1) is 6.42 Å². The van der Waals surface area contributed by atoms with Gasteiger partial charge in [0.15, 0.2) is 0 Å². The van der Waals surface area contributed by atoms with Gasteiger partial charge in [0.25, 0.3) is 0 Å². The summed E-state index contributed by atoms with van der Waals surface area (Å²) in [4.78, 5) is 20.0. The van der Waals surface area contributed by atoms with E-state index < -0.39 is 18.0 Å². The average molecular weight is 198 g/mol. The maximum absolute atomic E-state index is 10.0. The summed E-state index contributed by atoms with van der Waals surface area (Å²) in [6.45, 7) is 0. The van der Waals surface area contributed by atoms with Crippen molar-refractivity contribution in [3.63, 3.8) is 0 Å². The Morgan fingerprint density at radius 1 is 1.25 bits per heavy atom. The number of hydrogen-bond donors (Lipinski definition) is 3. The first-order chi connectivity index (χ1) is 5.02. The van der Waals surface area contributed by atoms with Crippen molar-refractivity contribution in [1.29, 1.82) is 0 Å². The van der Waals surface area contributed by atoms with Gasteiger partial charge in [-0.2, -0.15) is 0 Å². The van der Waals surface area contributed by atoms with Gasteiger partial charge in [-0.3, -0.25) is 9.59 Å². The summed E-state index contributed by atoms with van der Waals surface area (Å²) in [5.74, 6) is -1.95. The minimum absolute atomic E-state index is 0. The number of carbonyl (C=O) groups is 2. The van der Waals surface area contributed by atoms with Crippen molar-refractivity contribution in [2.45, 2.75) is 25.3 Å². The second kappa shape index (κ2) is 6.87. The molecule has 0 saturated carbocycles. The van der Waals surface area contributed by atoms with Crippen LogP contribution in [0.2, 0.25) is 0 Å². The molecule has 0 aliphatic heterocycles. The molecule has 72 valence electrons. The molecule has 0 aromatic rings. The molecule has 0 spiro atoms. The van der Waals surface area contributed by atoms with Crippen molar-refractivity contribution in [3.05, 3.63) is 0 Å². The molecule has 0 aliphatic rings. The summed E-state index contributed by atoms with van der Waals surface area (Å²) in [6, 6.07) is -0.552. The first kappa shape index (κ1) is 13.8. The zero-order valence-electron chi connectivity index (χ0n) is 6.40. The van der Waals surface area contributed by atoms with Gasteiger partial charge < -0.3 is 15.9 Å². The number of aliphatic carboxylic acids is 2. The van der Waals surface area contributed by atoms with Gasteiger partial charge >= 0.3 is 11.9 Å². The molecule has 12 heavy (non-hydrogen) atoms. The Morgan fingerprint density at radius 2 is 1.75 bits per heavy atom. The van der Waals surface area contributed by atoms with Crippen LogP contribution in [0.4, 0.5) is 0 Å². The van der Waals surface area contributed by atoms with Gasteiger partial charge in [-0.15, -0.1) is 12.4 Å². The number of halogens is 1. The molecule has 6 heteroatoms. The molecule has 5 nitrogen and oxygen atoms in total. The Hall–Kier alpha value is -0.810. The second-order valence-electron chi connectivity index (χ2n) is 2.29. The summed E-state index contributed by atoms with van der Waals surface area (Å²) < 4.78 is 0. The Labute approximate surface area is 76.0 Å². The third kappa shape index (κ3) is 9.19. The van der Waals surface area contributed by atoms with E-state index >= 15 is 0 Å². The summed E-state index contributed by atoms with van der Waals surface area (Å²) in [7, 11) is 0. The molecule has 1 atom stereocenters. The van der Waals surface area contributed by atoms with Crippen molar-refractivity contribution < 1.29 is 19.8 Å². The summed E-state index contributed by atoms with van der Waals surface area (Å²) >= 11 is 0. The first-order valence-corrected chi connectivity index (χ1v) is 3.21. The number of nitrogens with two attached hydrogens (primary N) is 1. The zero-order chi connectivity index (χ0) is 8.85. The van der Waals surface area contributed by atoms with E-state index in [0.29, 0.717) is 0 Å². The minimum atomic E-state index is -0.997. The predicted molar refractivity (Wildman–Crippen MR) is 44.3 cm³/mol. The average Bonchev–Trinajstić information content (AvgIpc) is 1.82. The molecule has 4 N–H and O–H groups in total. The molecular formula is C6H12ClNO4. The highest BCUT2D eigenvalue weighted by Crippen LogP contribution is 1.98. The standard InChI is InChI=1S/C6H11NO4.ClH/c7-4(3-6(10)11)1-2-5(8)9;/h4H,1-3,7H2,(H,8,9)(H,10,11);1H. The Morgan fingerprint density at radius 3 is 2.08 bits per heavy atom. The molecule has 0 heterocycles. The van der Waals surface area contributed by atoms with E-state index in [2.05, 4.69) is 0 Å². The fourth-order valence-electron chi connectivity index (χ4n) is 0.635. The second-order valence-corrected chi connectivity index (χ2v) is 2.29. The third-order valence-corrected chi connectivity index (χ3v) is 1.17. The Balaban J connectivity index is 0. The smallest absolute Gasteiger partial charge is 0.304 e. The lowest BCUT2D eigenvalue weighted by Gasteiger charge is -2.04. The molecule has 0 amide bonds. The van der Waals surface area contributed by atoms with Crippen molar-refractivity contribution >= 4 is 24.3 Å². The van der Waals surface area contributed by atoms with E-state index in [1.807, 2.05) is 0 Å². The lowest BCUT2D eigenvalue weighted by molar-refractivity contribution is -0.139. The van der Waals surface area contributed by atoms with Crippen LogP contribution < -0.4 is 5.73 Å². The van der Waals surface area contributed by atoms with E-state index in [1.54, 1.807) is 0 Å². The van der Waals surface area contributed by atoms with Crippen molar-refractivity contribution in [2.24, 2.45) is 5.73 Å². The van der Waals surface area contributed by atoms with Crippen LogP contribution in [-0.4, -0.2) is 28.2 Å². The van der Waals surface area contributed by atoms with Gasteiger partial charge in [0.2, 0.25) is 0 Å². The highest BCUT2D eigenvalue weighted by molar-refractivity contribution is 5.85. The van der Waals surface area contributed by atoms with Crippen LogP contribution >= 0.6 is 12.4 Å². The van der Waals surface area contributed by atoms with Gasteiger partial charge in [0, 0.05) is 12.5 Å². The van der Waals surface area contributed by atoms with Crippen molar-refractivity contribution in [3.8, 4) is 0 Å². The Kier molecular flexibility index (Phi) is 7.88. The maximum atomic E-state index is 10.0. The lowest BCUT2D eigenvalue weighted by atomic mass is 10.1. The van der Waals surface area contributed by atoms with Gasteiger partial charge in [-0.05, 0) is 6.42 Å². The van der Waals surface area contributed by atoms with Gasteiger partial charge in [0.1, 0.15) is 0 Å². The maximum Gasteiger partial charge on any atom is 0.304 e. The number of rotatable bonds is 5. The van der Waals surface area contributed by atoms with Crippen LogP contribution in [0.15, 0.2) is 0 Å². The number of carboxylic acids is 2. The van der Waals surface area contributed by atoms with Crippen LogP contribution in [0.3, 0.4) is 0 Å². The Bertz CT molecular complexity index is 162. The van der Waals surface area contributed by atoms with Crippen LogP contribution in [0.25, 0.3) is 0 Å². The van der Waals surface area contributed by atoms with Crippen LogP contribution in [0, 0.1) is 0 Å². The van der Waals surface area contributed by atoms with E-state index in [1.165, 1.54) is 0 Å². The van der Waals surface area contributed by atoms with E-state index in [9.17, 15) is 9.59 Å². The highest BCUT2D eigenvalue weighted by atomic mass is 35.5. The summed E-state index contributed by atoms with van der Waals surface area (Å²) in [5, 5.41) is 16.4. The third-order valence-electron chi connectivity index (χ3n) is 1.17. The number of carboxylic acid groups (broad SMARTS) is 2.